The summed E-state index contributed by atoms with van der Waals surface area (Å²) in [7, 11) is 0. The van der Waals surface area contributed by atoms with Crippen molar-refractivity contribution in [3.8, 4) is 0 Å². The average Bonchev–Trinajstić information content (AvgIpc) is 2.46. The van der Waals surface area contributed by atoms with Crippen LogP contribution >= 0.6 is 23.2 Å². The van der Waals surface area contributed by atoms with Crippen molar-refractivity contribution >= 4 is 23.2 Å². The summed E-state index contributed by atoms with van der Waals surface area (Å²) in [5.41, 5.74) is 3.67. The molecule has 2 aromatic rings. The van der Waals surface area contributed by atoms with Crippen LogP contribution in [0.3, 0.4) is 0 Å². The summed E-state index contributed by atoms with van der Waals surface area (Å²) in [5, 5.41) is 4.89. The van der Waals surface area contributed by atoms with Crippen LogP contribution in [0.2, 0.25) is 10.0 Å². The Labute approximate surface area is 137 Å². The van der Waals surface area contributed by atoms with Crippen molar-refractivity contribution in [1.29, 1.82) is 0 Å². The maximum absolute atomic E-state index is 6.39. The second-order valence-electron chi connectivity index (χ2n) is 5.15. The van der Waals surface area contributed by atoms with Crippen molar-refractivity contribution in [2.45, 2.75) is 32.7 Å². The second-order valence-corrected chi connectivity index (χ2v) is 6.00. The molecule has 112 valence electrons. The van der Waals surface area contributed by atoms with Gasteiger partial charge in [-0.2, -0.15) is 0 Å². The molecule has 0 heterocycles. The molecule has 3 heteroatoms. The molecule has 0 saturated carbocycles. The van der Waals surface area contributed by atoms with Gasteiger partial charge in [0.25, 0.3) is 0 Å². The maximum Gasteiger partial charge on any atom is 0.0591 e. The van der Waals surface area contributed by atoms with Crippen molar-refractivity contribution in [2.75, 3.05) is 6.54 Å². The number of benzene rings is 2. The molecular formula is C18H21Cl2N. The molecule has 1 nitrogen and oxygen atoms in total. The van der Waals surface area contributed by atoms with Gasteiger partial charge in [-0.05, 0) is 41.8 Å². The highest BCUT2D eigenvalue weighted by Gasteiger charge is 2.16. The van der Waals surface area contributed by atoms with Gasteiger partial charge in [0.2, 0.25) is 0 Å². The van der Waals surface area contributed by atoms with E-state index in [1.807, 2.05) is 12.1 Å². The van der Waals surface area contributed by atoms with E-state index >= 15 is 0 Å². The first kappa shape index (κ1) is 16.4. The van der Waals surface area contributed by atoms with Crippen LogP contribution in [-0.2, 0) is 6.42 Å². The molecule has 0 saturated heterocycles. The first-order chi connectivity index (χ1) is 10.2. The smallest absolute Gasteiger partial charge is 0.0591 e. The lowest BCUT2D eigenvalue weighted by Crippen LogP contribution is -2.22. The Morgan fingerprint density at radius 2 is 1.86 bits per heavy atom. The van der Waals surface area contributed by atoms with Gasteiger partial charge in [0, 0.05) is 10.0 Å². The highest BCUT2D eigenvalue weighted by molar-refractivity contribution is 6.35. The number of aryl methyl sites for hydroxylation is 1. The van der Waals surface area contributed by atoms with E-state index in [0.29, 0.717) is 10.0 Å². The summed E-state index contributed by atoms with van der Waals surface area (Å²) in [4.78, 5) is 0. The lowest BCUT2D eigenvalue weighted by Gasteiger charge is -2.21. The van der Waals surface area contributed by atoms with E-state index < -0.39 is 0 Å². The fourth-order valence-corrected chi connectivity index (χ4v) is 3.08. The van der Waals surface area contributed by atoms with Crippen LogP contribution in [0.5, 0.6) is 0 Å². The van der Waals surface area contributed by atoms with Crippen LogP contribution in [0.4, 0.5) is 0 Å². The van der Waals surface area contributed by atoms with E-state index in [1.54, 1.807) is 6.07 Å². The SMILES string of the molecule is CCCc1cccc(C(NCC)c2ccc(Cl)cc2Cl)c1. The number of nitrogens with one attached hydrogen (secondary N) is 1. The molecule has 21 heavy (non-hydrogen) atoms. The predicted molar refractivity (Wildman–Crippen MR) is 92.4 cm³/mol. The van der Waals surface area contributed by atoms with Gasteiger partial charge in [0.15, 0.2) is 0 Å². The van der Waals surface area contributed by atoms with Crippen molar-refractivity contribution in [3.05, 3.63) is 69.2 Å². The van der Waals surface area contributed by atoms with Gasteiger partial charge >= 0.3 is 0 Å². The van der Waals surface area contributed by atoms with Crippen molar-refractivity contribution in [3.63, 3.8) is 0 Å². The molecule has 1 atom stereocenters. The summed E-state index contributed by atoms with van der Waals surface area (Å²) in [6, 6.07) is 14.5. The Morgan fingerprint density at radius 1 is 1.05 bits per heavy atom. The molecule has 2 rings (SSSR count). The molecule has 0 aliphatic heterocycles. The number of halogens is 2. The van der Waals surface area contributed by atoms with Crippen LogP contribution in [0, 0.1) is 0 Å². The number of rotatable bonds is 6. The zero-order valence-corrected chi connectivity index (χ0v) is 14.0. The average molecular weight is 322 g/mol. The maximum atomic E-state index is 6.39. The largest absolute Gasteiger partial charge is 0.306 e. The van der Waals surface area contributed by atoms with Crippen molar-refractivity contribution < 1.29 is 0 Å². The molecule has 0 aliphatic rings. The molecule has 1 unspecified atom stereocenters. The van der Waals surface area contributed by atoms with Gasteiger partial charge in [-0.3, -0.25) is 0 Å². The minimum atomic E-state index is 0.0940. The molecular weight excluding hydrogens is 301 g/mol. The van der Waals surface area contributed by atoms with Gasteiger partial charge in [0.05, 0.1) is 6.04 Å². The molecule has 0 fully saturated rings. The molecule has 0 aliphatic carbocycles. The molecule has 0 amide bonds. The zero-order chi connectivity index (χ0) is 15.2. The molecule has 2 aromatic carbocycles. The summed E-state index contributed by atoms with van der Waals surface area (Å²) >= 11 is 12.4. The fourth-order valence-electron chi connectivity index (χ4n) is 2.56. The number of hydrogen-bond donors (Lipinski definition) is 1. The first-order valence-corrected chi connectivity index (χ1v) is 8.18. The lowest BCUT2D eigenvalue weighted by atomic mass is 9.96. The minimum Gasteiger partial charge on any atom is -0.306 e. The Bertz CT molecular complexity index is 596. The third-order valence-electron chi connectivity index (χ3n) is 3.50. The third kappa shape index (κ3) is 4.23. The third-order valence-corrected chi connectivity index (χ3v) is 4.07. The van der Waals surface area contributed by atoms with Crippen LogP contribution < -0.4 is 5.32 Å². The van der Waals surface area contributed by atoms with E-state index in [9.17, 15) is 0 Å². The molecule has 0 aromatic heterocycles. The van der Waals surface area contributed by atoms with E-state index in [0.717, 1.165) is 24.9 Å². The van der Waals surface area contributed by atoms with Crippen LogP contribution in [0.25, 0.3) is 0 Å². The van der Waals surface area contributed by atoms with Crippen molar-refractivity contribution in [1.82, 2.24) is 5.32 Å². The summed E-state index contributed by atoms with van der Waals surface area (Å²) in [6.07, 6.45) is 2.25. The van der Waals surface area contributed by atoms with Crippen molar-refractivity contribution in [2.24, 2.45) is 0 Å². The quantitative estimate of drug-likeness (QED) is 0.725. The zero-order valence-electron chi connectivity index (χ0n) is 12.5. The van der Waals surface area contributed by atoms with Crippen LogP contribution in [0.15, 0.2) is 42.5 Å². The second kappa shape index (κ2) is 7.84. The predicted octanol–water partition coefficient (Wildman–Crippen LogP) is 5.64. The molecule has 0 spiro atoms. The van der Waals surface area contributed by atoms with E-state index in [2.05, 4.69) is 43.4 Å². The van der Waals surface area contributed by atoms with Gasteiger partial charge < -0.3 is 5.32 Å². The Morgan fingerprint density at radius 3 is 2.52 bits per heavy atom. The lowest BCUT2D eigenvalue weighted by molar-refractivity contribution is 0.630. The highest BCUT2D eigenvalue weighted by Crippen LogP contribution is 2.31. The summed E-state index contributed by atoms with van der Waals surface area (Å²) in [5.74, 6) is 0. The summed E-state index contributed by atoms with van der Waals surface area (Å²) < 4.78 is 0. The first-order valence-electron chi connectivity index (χ1n) is 7.42. The molecule has 0 bridgehead atoms. The molecule has 0 radical (unpaired) electrons. The van der Waals surface area contributed by atoms with Gasteiger partial charge in [-0.25, -0.2) is 0 Å². The molecule has 1 N–H and O–H groups in total. The van der Waals surface area contributed by atoms with Gasteiger partial charge in [-0.1, -0.05) is 73.8 Å². The van der Waals surface area contributed by atoms with Gasteiger partial charge in [-0.15, -0.1) is 0 Å². The Kier molecular flexibility index (Phi) is 6.10. The van der Waals surface area contributed by atoms with E-state index in [4.69, 9.17) is 23.2 Å². The topological polar surface area (TPSA) is 12.0 Å². The van der Waals surface area contributed by atoms with Gasteiger partial charge in [0.1, 0.15) is 0 Å². The summed E-state index contributed by atoms with van der Waals surface area (Å²) in [6.45, 7) is 5.18. The Hall–Kier alpha value is -1.02. The van der Waals surface area contributed by atoms with Crippen LogP contribution in [-0.4, -0.2) is 6.54 Å². The Balaban J connectivity index is 2.40. The number of hydrogen-bond acceptors (Lipinski definition) is 1. The van der Waals surface area contributed by atoms with Crippen LogP contribution in [0.1, 0.15) is 43.0 Å². The van der Waals surface area contributed by atoms with E-state index in [1.165, 1.54) is 11.1 Å². The van der Waals surface area contributed by atoms with E-state index in [-0.39, 0.29) is 6.04 Å². The standard InChI is InChI=1S/C18H21Cl2N/c1-3-6-13-7-5-8-14(11-13)18(21-4-2)16-10-9-15(19)12-17(16)20/h5,7-12,18,21H,3-4,6H2,1-2H3. The minimum absolute atomic E-state index is 0.0940. The normalized spacial score (nSPS) is 12.4. The monoisotopic (exact) mass is 321 g/mol. The highest BCUT2D eigenvalue weighted by atomic mass is 35.5. The fraction of sp³-hybridized carbons (Fsp3) is 0.333.